The van der Waals surface area contributed by atoms with E-state index in [1.807, 2.05) is 0 Å². The van der Waals surface area contributed by atoms with Gasteiger partial charge in [-0.25, -0.2) is 0 Å². The molecule has 0 radical (unpaired) electrons. The van der Waals surface area contributed by atoms with E-state index >= 15 is 0 Å². The second-order valence-electron chi connectivity index (χ2n) is 5.27. The Morgan fingerprint density at radius 3 is 2.94 bits per heavy atom. The van der Waals surface area contributed by atoms with Crippen LogP contribution in [0.1, 0.15) is 31.0 Å². The Morgan fingerprint density at radius 1 is 1.29 bits per heavy atom. The highest BCUT2D eigenvalue weighted by Crippen LogP contribution is 2.23. The molecule has 0 bridgehead atoms. The van der Waals surface area contributed by atoms with Gasteiger partial charge in [-0.1, -0.05) is 6.92 Å². The number of rotatable bonds is 1. The quantitative estimate of drug-likeness (QED) is 0.794. The summed E-state index contributed by atoms with van der Waals surface area (Å²) in [6, 6.07) is 2.23. The Kier molecular flexibility index (Phi) is 2.97. The monoisotopic (exact) mass is 232 g/mol. The number of anilines is 1. The molecule has 0 spiro atoms. The molecule has 3 heterocycles. The molecular formula is C13H20N4. The lowest BCUT2D eigenvalue weighted by molar-refractivity contribution is 0.435. The second kappa shape index (κ2) is 4.61. The first-order valence-corrected chi connectivity index (χ1v) is 6.64. The SMILES string of the molecule is CC1CCN(c2cc3c(nn2)CCNC3)CC1. The number of nitrogens with zero attached hydrogens (tertiary/aromatic N) is 3. The molecule has 0 aromatic carbocycles. The van der Waals surface area contributed by atoms with E-state index in [4.69, 9.17) is 0 Å². The third kappa shape index (κ3) is 2.27. The van der Waals surface area contributed by atoms with Crippen LogP contribution in [-0.2, 0) is 13.0 Å². The van der Waals surface area contributed by atoms with Crippen molar-refractivity contribution in [3.05, 3.63) is 17.3 Å². The minimum atomic E-state index is 0.860. The van der Waals surface area contributed by atoms with Gasteiger partial charge in [-0.3, -0.25) is 0 Å². The molecule has 4 heteroatoms. The van der Waals surface area contributed by atoms with E-state index in [9.17, 15) is 0 Å². The normalized spacial score (nSPS) is 21.4. The number of aromatic nitrogens is 2. The van der Waals surface area contributed by atoms with E-state index in [0.29, 0.717) is 0 Å². The van der Waals surface area contributed by atoms with Crippen LogP contribution in [0.3, 0.4) is 0 Å². The van der Waals surface area contributed by atoms with Gasteiger partial charge in [0.05, 0.1) is 5.69 Å². The van der Waals surface area contributed by atoms with Gasteiger partial charge in [0.15, 0.2) is 5.82 Å². The molecule has 0 atom stereocenters. The highest BCUT2D eigenvalue weighted by molar-refractivity contribution is 5.42. The standard InChI is InChI=1S/C13H20N4/c1-10-3-6-17(7-4-10)13-8-11-9-14-5-2-12(11)15-16-13/h8,10,14H,2-7,9H2,1H3. The van der Waals surface area contributed by atoms with Crippen molar-refractivity contribution in [1.82, 2.24) is 15.5 Å². The Hall–Kier alpha value is -1.16. The van der Waals surface area contributed by atoms with Crippen molar-refractivity contribution in [2.45, 2.75) is 32.7 Å². The summed E-state index contributed by atoms with van der Waals surface area (Å²) in [5.74, 6) is 1.93. The number of hydrogen-bond acceptors (Lipinski definition) is 4. The molecule has 3 rings (SSSR count). The average Bonchev–Trinajstić information content (AvgIpc) is 2.39. The molecule has 0 amide bonds. The van der Waals surface area contributed by atoms with Gasteiger partial charge in [0, 0.05) is 32.6 Å². The zero-order chi connectivity index (χ0) is 11.7. The van der Waals surface area contributed by atoms with Crippen molar-refractivity contribution in [3.8, 4) is 0 Å². The Morgan fingerprint density at radius 2 is 2.12 bits per heavy atom. The fourth-order valence-corrected chi connectivity index (χ4v) is 2.63. The summed E-state index contributed by atoms with van der Waals surface area (Å²) in [5, 5.41) is 12.2. The molecule has 2 aliphatic heterocycles. The largest absolute Gasteiger partial charge is 0.355 e. The summed E-state index contributed by atoms with van der Waals surface area (Å²) >= 11 is 0. The van der Waals surface area contributed by atoms with Crippen LogP contribution in [0.15, 0.2) is 6.07 Å². The molecule has 0 unspecified atom stereocenters. The van der Waals surface area contributed by atoms with Gasteiger partial charge in [0.25, 0.3) is 0 Å². The molecule has 1 aromatic heterocycles. The van der Waals surface area contributed by atoms with E-state index in [0.717, 1.165) is 44.3 Å². The molecular weight excluding hydrogens is 212 g/mol. The summed E-state index contributed by atoms with van der Waals surface area (Å²) in [7, 11) is 0. The highest BCUT2D eigenvalue weighted by atomic mass is 15.3. The van der Waals surface area contributed by atoms with Gasteiger partial charge in [-0.2, -0.15) is 5.10 Å². The van der Waals surface area contributed by atoms with Crippen LogP contribution in [0, 0.1) is 5.92 Å². The van der Waals surface area contributed by atoms with Gasteiger partial charge in [0.2, 0.25) is 0 Å². The molecule has 1 N–H and O–H groups in total. The first kappa shape index (κ1) is 11.0. The first-order chi connectivity index (χ1) is 8.33. The summed E-state index contributed by atoms with van der Waals surface area (Å²) in [6.07, 6.45) is 3.56. The number of fused-ring (bicyclic) bond motifs is 1. The maximum atomic E-state index is 4.39. The Balaban J connectivity index is 1.79. The van der Waals surface area contributed by atoms with E-state index in [1.165, 1.54) is 24.1 Å². The molecule has 1 fully saturated rings. The molecule has 17 heavy (non-hydrogen) atoms. The van der Waals surface area contributed by atoms with E-state index in [-0.39, 0.29) is 0 Å². The van der Waals surface area contributed by atoms with Crippen LogP contribution < -0.4 is 10.2 Å². The Bertz CT molecular complexity index is 396. The zero-order valence-corrected chi connectivity index (χ0v) is 10.4. The van der Waals surface area contributed by atoms with Crippen molar-refractivity contribution < 1.29 is 0 Å². The zero-order valence-electron chi connectivity index (χ0n) is 10.4. The third-order valence-corrected chi connectivity index (χ3v) is 3.91. The summed E-state index contributed by atoms with van der Waals surface area (Å²) < 4.78 is 0. The number of nitrogens with one attached hydrogen (secondary N) is 1. The molecule has 2 aliphatic rings. The predicted molar refractivity (Wildman–Crippen MR) is 68.1 cm³/mol. The van der Waals surface area contributed by atoms with Crippen LogP contribution in [-0.4, -0.2) is 29.8 Å². The maximum absolute atomic E-state index is 4.39. The molecule has 0 aliphatic carbocycles. The first-order valence-electron chi connectivity index (χ1n) is 6.64. The van der Waals surface area contributed by atoms with Crippen LogP contribution in [0.25, 0.3) is 0 Å². The van der Waals surface area contributed by atoms with Crippen molar-refractivity contribution in [3.63, 3.8) is 0 Å². The van der Waals surface area contributed by atoms with Crippen LogP contribution >= 0.6 is 0 Å². The van der Waals surface area contributed by atoms with Gasteiger partial charge in [-0.05, 0) is 30.4 Å². The minimum absolute atomic E-state index is 0.860. The second-order valence-corrected chi connectivity index (χ2v) is 5.27. The molecule has 0 saturated carbocycles. The summed E-state index contributed by atoms with van der Waals surface area (Å²) in [5.41, 5.74) is 2.51. The fraction of sp³-hybridized carbons (Fsp3) is 0.692. The Labute approximate surface area is 102 Å². The van der Waals surface area contributed by atoms with Crippen LogP contribution in [0.5, 0.6) is 0 Å². The molecule has 92 valence electrons. The summed E-state index contributed by atoms with van der Waals surface area (Å²) in [6.45, 7) is 6.56. The van der Waals surface area contributed by atoms with E-state index < -0.39 is 0 Å². The number of hydrogen-bond donors (Lipinski definition) is 1. The minimum Gasteiger partial charge on any atom is -0.355 e. The summed E-state index contributed by atoms with van der Waals surface area (Å²) in [4.78, 5) is 2.38. The maximum Gasteiger partial charge on any atom is 0.151 e. The van der Waals surface area contributed by atoms with Crippen molar-refractivity contribution in [1.29, 1.82) is 0 Å². The smallest absolute Gasteiger partial charge is 0.151 e. The van der Waals surface area contributed by atoms with E-state index in [1.54, 1.807) is 0 Å². The average molecular weight is 232 g/mol. The van der Waals surface area contributed by atoms with Crippen LogP contribution in [0.4, 0.5) is 5.82 Å². The lowest BCUT2D eigenvalue weighted by Gasteiger charge is -2.31. The van der Waals surface area contributed by atoms with Gasteiger partial charge in [-0.15, -0.1) is 5.10 Å². The van der Waals surface area contributed by atoms with Gasteiger partial charge >= 0.3 is 0 Å². The molecule has 1 aromatic rings. The topological polar surface area (TPSA) is 41.1 Å². The van der Waals surface area contributed by atoms with Gasteiger partial charge in [0.1, 0.15) is 0 Å². The van der Waals surface area contributed by atoms with Crippen molar-refractivity contribution in [2.75, 3.05) is 24.5 Å². The third-order valence-electron chi connectivity index (χ3n) is 3.91. The predicted octanol–water partition coefficient (Wildman–Crippen LogP) is 1.36. The van der Waals surface area contributed by atoms with Crippen molar-refractivity contribution in [2.24, 2.45) is 5.92 Å². The van der Waals surface area contributed by atoms with Gasteiger partial charge < -0.3 is 10.2 Å². The van der Waals surface area contributed by atoms with Crippen molar-refractivity contribution >= 4 is 5.82 Å². The fourth-order valence-electron chi connectivity index (χ4n) is 2.63. The highest BCUT2D eigenvalue weighted by Gasteiger charge is 2.19. The number of piperidine rings is 1. The molecule has 4 nitrogen and oxygen atoms in total. The van der Waals surface area contributed by atoms with Crippen LogP contribution in [0.2, 0.25) is 0 Å². The molecule has 1 saturated heterocycles. The lowest BCUT2D eigenvalue weighted by Crippen LogP contribution is -2.34. The lowest BCUT2D eigenvalue weighted by atomic mass is 9.99. The van der Waals surface area contributed by atoms with E-state index in [2.05, 4.69) is 33.4 Å².